The van der Waals surface area contributed by atoms with Gasteiger partial charge in [-0.3, -0.25) is 4.79 Å². The third kappa shape index (κ3) is 5.19. The van der Waals surface area contributed by atoms with Gasteiger partial charge in [0.1, 0.15) is 78.3 Å². The lowest BCUT2D eigenvalue weighted by atomic mass is 9.89. The summed E-state index contributed by atoms with van der Waals surface area (Å²) in [6, 6.07) is 8.43. The fourth-order valence-corrected chi connectivity index (χ4v) is 5.04. The van der Waals surface area contributed by atoms with Crippen LogP contribution in [0, 0.1) is 0 Å². The molecule has 0 aliphatic carbocycles. The van der Waals surface area contributed by atoms with Gasteiger partial charge in [-0.1, -0.05) is 12.1 Å². The Hall–Kier alpha value is -3.15. The quantitative estimate of drug-likeness (QED) is 0.152. The van der Waals surface area contributed by atoms with E-state index in [2.05, 4.69) is 0 Å². The van der Waals surface area contributed by atoms with Crippen LogP contribution in [0.15, 0.2) is 51.9 Å². The average Bonchev–Trinajstić information content (AvgIpc) is 2.97. The molecular formula is C27H30O14. The molecule has 2 fully saturated rings. The summed E-state index contributed by atoms with van der Waals surface area (Å²) in [7, 11) is 0. The van der Waals surface area contributed by atoms with Gasteiger partial charge in [-0.15, -0.1) is 0 Å². The molecule has 3 heterocycles. The van der Waals surface area contributed by atoms with Gasteiger partial charge >= 0.3 is 0 Å². The number of aliphatic hydroxyl groups is 8. The molecule has 2 aromatic carbocycles. The zero-order valence-corrected chi connectivity index (χ0v) is 21.3. The highest BCUT2D eigenvalue weighted by molar-refractivity contribution is 5.86. The average molecular weight is 579 g/mol. The van der Waals surface area contributed by atoms with E-state index in [0.29, 0.717) is 5.56 Å². The summed E-state index contributed by atoms with van der Waals surface area (Å²) in [4.78, 5) is 13.4. The minimum Gasteiger partial charge on any atom is -0.507 e. The van der Waals surface area contributed by atoms with Crippen LogP contribution in [0.4, 0.5) is 0 Å². The van der Waals surface area contributed by atoms with Crippen molar-refractivity contribution in [3.8, 4) is 22.6 Å². The van der Waals surface area contributed by atoms with Crippen LogP contribution >= 0.6 is 0 Å². The van der Waals surface area contributed by atoms with Gasteiger partial charge in [0.25, 0.3) is 0 Å². The fourth-order valence-electron chi connectivity index (χ4n) is 5.04. The molecule has 10 atom stereocenters. The number of aromatic hydroxyl groups is 1. The smallest absolute Gasteiger partial charge is 0.229 e. The molecule has 0 bridgehead atoms. The van der Waals surface area contributed by atoms with Gasteiger partial charge in [0, 0.05) is 0 Å². The molecule has 2 aliphatic rings. The second-order valence-electron chi connectivity index (χ2n) is 9.94. The first-order valence-corrected chi connectivity index (χ1v) is 12.7. The first-order valence-electron chi connectivity index (χ1n) is 12.7. The van der Waals surface area contributed by atoms with Crippen molar-refractivity contribution in [3.05, 3.63) is 58.4 Å². The zero-order chi connectivity index (χ0) is 29.6. The molecule has 9 N–H and O–H groups in total. The van der Waals surface area contributed by atoms with Crippen molar-refractivity contribution in [2.45, 2.75) is 61.2 Å². The van der Waals surface area contributed by atoms with Crippen molar-refractivity contribution in [1.29, 1.82) is 0 Å². The van der Waals surface area contributed by atoms with Crippen molar-refractivity contribution in [1.82, 2.24) is 0 Å². The fraction of sp³-hybridized carbons (Fsp3) is 0.444. The number of benzene rings is 2. The molecule has 14 nitrogen and oxygen atoms in total. The van der Waals surface area contributed by atoms with Crippen LogP contribution in [-0.4, -0.2) is 114 Å². The number of phenols is 1. The molecule has 14 heteroatoms. The summed E-state index contributed by atoms with van der Waals surface area (Å²) in [6.07, 6.45) is -13.9. The molecule has 5 rings (SSSR count). The van der Waals surface area contributed by atoms with Crippen LogP contribution in [0.1, 0.15) is 11.7 Å². The molecule has 1 aromatic heterocycles. The lowest BCUT2D eigenvalue weighted by Gasteiger charge is -2.40. The first kappa shape index (κ1) is 29.3. The van der Waals surface area contributed by atoms with E-state index in [4.69, 9.17) is 18.6 Å². The summed E-state index contributed by atoms with van der Waals surface area (Å²) in [5.41, 5.74) is -0.289. The summed E-state index contributed by atoms with van der Waals surface area (Å²) in [5, 5.41) is 90.3. The Morgan fingerprint density at radius 3 is 1.98 bits per heavy atom. The van der Waals surface area contributed by atoms with Crippen LogP contribution in [-0.2, 0) is 9.47 Å². The molecule has 2 saturated heterocycles. The maximum Gasteiger partial charge on any atom is 0.229 e. The number of phenolic OH excluding ortho intramolecular Hbond substituents is 1. The number of ether oxygens (including phenoxy) is 3. The summed E-state index contributed by atoms with van der Waals surface area (Å²) in [5.74, 6) is -0.231. The van der Waals surface area contributed by atoms with Crippen LogP contribution in [0.5, 0.6) is 11.5 Å². The van der Waals surface area contributed by atoms with E-state index in [1.165, 1.54) is 36.4 Å². The minimum absolute atomic E-state index is 0.00825. The predicted octanol–water partition coefficient (Wildman–Crippen LogP) is -2.14. The van der Waals surface area contributed by atoms with Gasteiger partial charge in [0.05, 0.1) is 29.7 Å². The predicted molar refractivity (Wildman–Crippen MR) is 137 cm³/mol. The van der Waals surface area contributed by atoms with Gasteiger partial charge < -0.3 is 64.6 Å². The molecule has 41 heavy (non-hydrogen) atoms. The number of hydrogen-bond acceptors (Lipinski definition) is 14. The standard InChI is InChI=1S/C27H30O14/c28-7-15-19(32)21(34)23(36)26(40-15)17-14(30)6-5-12-18(31)13(9-38-25(12)17)10-1-3-11(4-2-10)39-27-24(37)22(35)20(33)16(8-29)41-27/h1-6,9,15-16,19-24,26-30,32-37H,7-8H2/t15-,16-,19+,20-,21-,22+,23-,24-,26+,27-/m1/s1. The van der Waals surface area contributed by atoms with Gasteiger partial charge in [-0.25, -0.2) is 0 Å². The van der Waals surface area contributed by atoms with E-state index in [-0.39, 0.29) is 27.8 Å². The Morgan fingerprint density at radius 1 is 0.732 bits per heavy atom. The van der Waals surface area contributed by atoms with Crippen molar-refractivity contribution in [2.75, 3.05) is 13.2 Å². The first-order chi connectivity index (χ1) is 19.6. The highest BCUT2D eigenvalue weighted by atomic mass is 16.7. The van der Waals surface area contributed by atoms with E-state index in [9.17, 15) is 50.8 Å². The van der Waals surface area contributed by atoms with E-state index < -0.39 is 85.6 Å². The van der Waals surface area contributed by atoms with E-state index in [1.807, 2.05) is 0 Å². The van der Waals surface area contributed by atoms with Crippen molar-refractivity contribution in [2.24, 2.45) is 0 Å². The normalized spacial score (nSPS) is 34.0. The molecular weight excluding hydrogens is 548 g/mol. The molecule has 222 valence electrons. The Kier molecular flexibility index (Phi) is 8.31. The Bertz CT molecular complexity index is 1420. The third-order valence-corrected chi connectivity index (χ3v) is 7.40. The highest BCUT2D eigenvalue weighted by Gasteiger charge is 2.46. The molecule has 0 radical (unpaired) electrons. The van der Waals surface area contributed by atoms with Crippen LogP contribution in [0.2, 0.25) is 0 Å². The van der Waals surface area contributed by atoms with Crippen LogP contribution < -0.4 is 10.2 Å². The van der Waals surface area contributed by atoms with E-state index in [1.54, 1.807) is 0 Å². The van der Waals surface area contributed by atoms with E-state index >= 15 is 0 Å². The monoisotopic (exact) mass is 578 g/mol. The zero-order valence-electron chi connectivity index (χ0n) is 21.3. The van der Waals surface area contributed by atoms with Crippen molar-refractivity contribution < 1.29 is 64.6 Å². The Labute approximate surface area is 231 Å². The lowest BCUT2D eigenvalue weighted by molar-refractivity contribution is -0.277. The number of hydrogen-bond donors (Lipinski definition) is 9. The maximum atomic E-state index is 13.4. The number of rotatable bonds is 6. The molecule has 3 aromatic rings. The molecule has 0 saturated carbocycles. The lowest BCUT2D eigenvalue weighted by Crippen LogP contribution is -2.60. The Balaban J connectivity index is 1.43. The van der Waals surface area contributed by atoms with Gasteiger partial charge in [-0.05, 0) is 29.8 Å². The second kappa shape index (κ2) is 11.6. The molecule has 2 aliphatic heterocycles. The Morgan fingerprint density at radius 2 is 1.34 bits per heavy atom. The van der Waals surface area contributed by atoms with Gasteiger partial charge in [0.2, 0.25) is 11.7 Å². The molecule has 0 spiro atoms. The number of aliphatic hydroxyl groups excluding tert-OH is 8. The summed E-state index contributed by atoms with van der Waals surface area (Å²) < 4.78 is 22.2. The molecule has 0 amide bonds. The van der Waals surface area contributed by atoms with Gasteiger partial charge in [0.15, 0.2) is 0 Å². The number of fused-ring (bicyclic) bond motifs is 1. The van der Waals surface area contributed by atoms with Crippen LogP contribution in [0.25, 0.3) is 22.1 Å². The summed E-state index contributed by atoms with van der Waals surface area (Å²) >= 11 is 0. The SMILES string of the molecule is O=c1c(-c2ccc(O[C@@H]3O[C@H](CO)[C@@H](O)[C@H](O)[C@H]3O)cc2)coc2c([C@@H]3O[C@H](CO)[C@H](O)[C@@H](O)[C@H]3O)c(O)ccc12. The second-order valence-corrected chi connectivity index (χ2v) is 9.94. The van der Waals surface area contributed by atoms with Gasteiger partial charge in [-0.2, -0.15) is 0 Å². The summed E-state index contributed by atoms with van der Waals surface area (Å²) in [6.45, 7) is -1.30. The van der Waals surface area contributed by atoms with Crippen molar-refractivity contribution >= 4 is 11.0 Å². The largest absolute Gasteiger partial charge is 0.507 e. The maximum absolute atomic E-state index is 13.4. The molecule has 0 unspecified atom stereocenters. The third-order valence-electron chi connectivity index (χ3n) is 7.40. The van der Waals surface area contributed by atoms with Crippen molar-refractivity contribution in [3.63, 3.8) is 0 Å². The van der Waals surface area contributed by atoms with Crippen LogP contribution in [0.3, 0.4) is 0 Å². The minimum atomic E-state index is -1.72. The topological polar surface area (TPSA) is 240 Å². The van der Waals surface area contributed by atoms with E-state index in [0.717, 1.165) is 6.26 Å². The highest BCUT2D eigenvalue weighted by Crippen LogP contribution is 2.40.